The molecule has 10 nitrogen and oxygen atoms in total. The van der Waals surface area contributed by atoms with Gasteiger partial charge in [-0.2, -0.15) is 4.31 Å². The summed E-state index contributed by atoms with van der Waals surface area (Å²) in [6.45, 7) is 12.5. The van der Waals surface area contributed by atoms with E-state index in [-0.39, 0.29) is 36.7 Å². The number of hydrogen-bond acceptors (Lipinski definition) is 8. The van der Waals surface area contributed by atoms with E-state index in [1.807, 2.05) is 49.4 Å². The van der Waals surface area contributed by atoms with Gasteiger partial charge in [0.05, 0.1) is 10.3 Å². The highest BCUT2D eigenvalue weighted by Crippen LogP contribution is 2.43. The number of carbonyl (C=O) groups excluding carboxylic acids is 2. The third-order valence-electron chi connectivity index (χ3n) is 8.48. The molecule has 0 bridgehead atoms. The second-order valence-corrected chi connectivity index (χ2v) is 13.2. The number of fused-ring (bicyclic) bond motifs is 2. The van der Waals surface area contributed by atoms with E-state index in [1.54, 1.807) is 12.1 Å². The Morgan fingerprint density at radius 1 is 1.04 bits per heavy atom. The van der Waals surface area contributed by atoms with Crippen LogP contribution in [0.4, 0.5) is 10.5 Å². The van der Waals surface area contributed by atoms with Crippen LogP contribution in [0, 0.1) is 0 Å². The fraction of sp³-hybridized carbons (Fsp3) is 0.361. The lowest BCUT2D eigenvalue weighted by Crippen LogP contribution is -2.42. The van der Waals surface area contributed by atoms with E-state index in [2.05, 4.69) is 41.7 Å². The Morgan fingerprint density at radius 2 is 1.79 bits per heavy atom. The van der Waals surface area contributed by atoms with Crippen molar-refractivity contribution in [2.45, 2.75) is 51.0 Å². The van der Waals surface area contributed by atoms with Crippen molar-refractivity contribution < 1.29 is 27.2 Å². The molecule has 248 valence electrons. The average molecular weight is 659 g/mol. The molecular weight excluding hydrogens is 616 g/mol. The largest absolute Gasteiger partial charge is 0.456 e. The number of rotatable bonds is 12. The minimum absolute atomic E-state index is 0.140. The molecule has 1 saturated heterocycles. The zero-order valence-electron chi connectivity index (χ0n) is 27.2. The minimum Gasteiger partial charge on any atom is -0.456 e. The minimum atomic E-state index is -3.93. The van der Waals surface area contributed by atoms with Crippen LogP contribution in [-0.4, -0.2) is 70.0 Å². The lowest BCUT2D eigenvalue weighted by Gasteiger charge is -2.31. The molecule has 0 saturated carbocycles. The average Bonchev–Trinajstić information content (AvgIpc) is 3.08. The standard InChI is InChI=1S/C36H42N4O6S/c1-5-27(41)17-20-38-36(42)45-28-18-21-40(22-19-28)47(43,44)34-12-10-9-11-31(34)35-29-15-13-25(37-6-2)23-32(29)46-33-24-26(14-16-30(33)35)39(7-3)8-4/h5,9-16,23-24,28H,1,6-8,17-22H2,2-4H3,(H,38,42)/b37-25-. The van der Waals surface area contributed by atoms with Crippen LogP contribution in [-0.2, 0) is 19.6 Å². The Hall–Kier alpha value is -4.48. The molecular formula is C36H42N4O6S. The van der Waals surface area contributed by atoms with Crippen molar-refractivity contribution in [1.29, 1.82) is 0 Å². The molecule has 2 aromatic rings. The molecule has 1 N–H and O–H groups in total. The zero-order valence-corrected chi connectivity index (χ0v) is 28.0. The maximum absolute atomic E-state index is 14.3. The van der Waals surface area contributed by atoms with E-state index in [4.69, 9.17) is 9.15 Å². The molecule has 0 atom stereocenters. The van der Waals surface area contributed by atoms with Crippen LogP contribution in [0.1, 0.15) is 40.0 Å². The van der Waals surface area contributed by atoms with Crippen LogP contribution < -0.4 is 15.6 Å². The summed E-state index contributed by atoms with van der Waals surface area (Å²) < 4.78 is 42.0. The number of ether oxygens (including phenoxy) is 1. The van der Waals surface area contributed by atoms with Gasteiger partial charge in [0, 0.05) is 85.6 Å². The third kappa shape index (κ3) is 7.41. The highest BCUT2D eigenvalue weighted by Gasteiger charge is 2.33. The summed E-state index contributed by atoms with van der Waals surface area (Å²) in [7, 11) is -3.93. The predicted octanol–water partition coefficient (Wildman–Crippen LogP) is 6.00. The monoisotopic (exact) mass is 658 g/mol. The molecule has 1 fully saturated rings. The number of amides is 1. The second kappa shape index (κ2) is 15.0. The summed E-state index contributed by atoms with van der Waals surface area (Å²) in [6.07, 6.45) is 1.00. The molecule has 5 rings (SSSR count). The molecule has 0 radical (unpaired) electrons. The fourth-order valence-corrected chi connectivity index (χ4v) is 7.70. The number of piperidine rings is 1. The molecule has 2 aromatic carbocycles. The van der Waals surface area contributed by atoms with Crippen molar-refractivity contribution in [3.05, 3.63) is 78.7 Å². The predicted molar refractivity (Wildman–Crippen MR) is 184 cm³/mol. The van der Waals surface area contributed by atoms with Gasteiger partial charge in [-0.15, -0.1) is 0 Å². The smallest absolute Gasteiger partial charge is 0.407 e. The molecule has 0 spiro atoms. The van der Waals surface area contributed by atoms with Gasteiger partial charge in [-0.1, -0.05) is 24.8 Å². The van der Waals surface area contributed by atoms with Crippen LogP contribution in [0.2, 0.25) is 0 Å². The normalized spacial score (nSPS) is 14.7. The van der Waals surface area contributed by atoms with Crippen LogP contribution in [0.15, 0.2) is 87.6 Å². The SMILES string of the molecule is C=CC(=O)CCNC(=O)OC1CCN(S(=O)(=O)c2ccccc2-c2c3cc/c(=N/CC)cc-3oc3cc(N(CC)CC)ccc23)CC1. The topological polar surface area (TPSA) is 122 Å². The molecule has 1 aliphatic carbocycles. The van der Waals surface area contributed by atoms with Gasteiger partial charge in [0.2, 0.25) is 10.0 Å². The highest BCUT2D eigenvalue weighted by molar-refractivity contribution is 7.89. The molecule has 0 unspecified atom stereocenters. The van der Waals surface area contributed by atoms with Gasteiger partial charge in [-0.3, -0.25) is 9.79 Å². The first kappa shape index (κ1) is 33.9. The number of nitrogens with zero attached hydrogens (tertiary/aromatic N) is 3. The maximum atomic E-state index is 14.3. The number of hydrogen-bond donors (Lipinski definition) is 1. The number of sulfonamides is 1. The van der Waals surface area contributed by atoms with Gasteiger partial charge in [0.15, 0.2) is 5.78 Å². The summed E-state index contributed by atoms with van der Waals surface area (Å²) in [5.74, 6) is 0.451. The van der Waals surface area contributed by atoms with E-state index >= 15 is 0 Å². The van der Waals surface area contributed by atoms with Gasteiger partial charge in [0.1, 0.15) is 17.4 Å². The van der Waals surface area contributed by atoms with E-state index in [0.29, 0.717) is 36.3 Å². The van der Waals surface area contributed by atoms with Gasteiger partial charge in [0.25, 0.3) is 0 Å². The van der Waals surface area contributed by atoms with E-state index in [1.165, 1.54) is 10.4 Å². The highest BCUT2D eigenvalue weighted by atomic mass is 32.2. The van der Waals surface area contributed by atoms with E-state index < -0.39 is 22.2 Å². The van der Waals surface area contributed by atoms with E-state index in [9.17, 15) is 18.0 Å². The molecule has 11 heteroatoms. The molecule has 47 heavy (non-hydrogen) atoms. The number of nitrogens with one attached hydrogen (secondary N) is 1. The van der Waals surface area contributed by atoms with Crippen LogP contribution >= 0.6 is 0 Å². The van der Waals surface area contributed by atoms with Crippen molar-refractivity contribution in [1.82, 2.24) is 9.62 Å². The lowest BCUT2D eigenvalue weighted by atomic mass is 9.93. The first-order valence-corrected chi connectivity index (χ1v) is 17.6. The summed E-state index contributed by atoms with van der Waals surface area (Å²) in [6, 6.07) is 18.9. The Balaban J connectivity index is 1.49. The molecule has 3 aliphatic rings. The first-order chi connectivity index (χ1) is 22.7. The number of alkyl carbamates (subject to hydrolysis) is 1. The van der Waals surface area contributed by atoms with Gasteiger partial charge >= 0.3 is 6.09 Å². The van der Waals surface area contributed by atoms with Gasteiger partial charge in [-0.05, 0) is 70.0 Å². The number of allylic oxidation sites excluding steroid dienone is 1. The van der Waals surface area contributed by atoms with Crippen molar-refractivity contribution in [3.63, 3.8) is 0 Å². The van der Waals surface area contributed by atoms with Crippen molar-refractivity contribution >= 4 is 38.6 Å². The molecule has 0 aromatic heterocycles. The quantitative estimate of drug-likeness (QED) is 0.147. The summed E-state index contributed by atoms with van der Waals surface area (Å²) in [5, 5.41) is 4.17. The van der Waals surface area contributed by atoms with Crippen molar-refractivity contribution in [2.24, 2.45) is 4.99 Å². The van der Waals surface area contributed by atoms with Crippen LogP contribution in [0.5, 0.6) is 0 Å². The zero-order chi connectivity index (χ0) is 33.6. The first-order valence-electron chi connectivity index (χ1n) is 16.1. The van der Waals surface area contributed by atoms with Crippen LogP contribution in [0.3, 0.4) is 0 Å². The molecule has 2 aliphatic heterocycles. The maximum Gasteiger partial charge on any atom is 0.407 e. The van der Waals surface area contributed by atoms with Crippen molar-refractivity contribution in [2.75, 3.05) is 44.2 Å². The fourth-order valence-electron chi connectivity index (χ4n) is 6.03. The number of benzene rings is 3. The Morgan fingerprint density at radius 3 is 2.49 bits per heavy atom. The summed E-state index contributed by atoms with van der Waals surface area (Å²) in [5.41, 5.74) is 3.83. The van der Waals surface area contributed by atoms with Crippen LogP contribution in [0.25, 0.3) is 33.4 Å². The number of carbonyl (C=O) groups is 2. The van der Waals surface area contributed by atoms with E-state index in [0.717, 1.165) is 40.6 Å². The summed E-state index contributed by atoms with van der Waals surface area (Å²) in [4.78, 5) is 30.6. The van der Waals surface area contributed by atoms with Gasteiger partial charge < -0.3 is 19.4 Å². The van der Waals surface area contributed by atoms with Gasteiger partial charge in [-0.25, -0.2) is 13.2 Å². The second-order valence-electron chi connectivity index (χ2n) is 11.3. The van der Waals surface area contributed by atoms with Crippen molar-refractivity contribution in [3.8, 4) is 22.5 Å². The molecule has 2 heterocycles. The summed E-state index contributed by atoms with van der Waals surface area (Å²) >= 11 is 0. The molecule has 1 amide bonds. The lowest BCUT2D eigenvalue weighted by molar-refractivity contribution is -0.114. The number of anilines is 1. The number of ketones is 1. The Bertz CT molecular complexity index is 1910. The Kier molecular flexibility index (Phi) is 10.8. The Labute approximate surface area is 276 Å². The third-order valence-corrected chi connectivity index (χ3v) is 10.4.